The first kappa shape index (κ1) is 18.1. The molecule has 0 aliphatic heterocycles. The number of rotatable bonds is 11. The van der Waals surface area contributed by atoms with Gasteiger partial charge < -0.3 is 10.2 Å². The third kappa shape index (κ3) is 8.15. The van der Waals surface area contributed by atoms with Crippen molar-refractivity contribution in [3.63, 3.8) is 0 Å². The minimum Gasteiger partial charge on any atom is -0.311 e. The van der Waals surface area contributed by atoms with E-state index in [1.54, 1.807) is 0 Å². The molecular weight excluding hydrogens is 260 g/mol. The van der Waals surface area contributed by atoms with E-state index in [1.165, 1.54) is 12.1 Å². The molecule has 0 aliphatic carbocycles. The second-order valence-electron chi connectivity index (χ2n) is 5.88. The number of likely N-dealkylation sites (N-methyl/N-ethyl adjacent to an activating group) is 1. The number of nitrogens with one attached hydrogen (secondary N) is 1. The van der Waals surface area contributed by atoms with E-state index in [4.69, 9.17) is 4.98 Å². The summed E-state index contributed by atoms with van der Waals surface area (Å²) in [5, 5.41) is 3.41. The monoisotopic (exact) mass is 292 g/mol. The van der Waals surface area contributed by atoms with E-state index in [-0.39, 0.29) is 0 Å². The van der Waals surface area contributed by atoms with Crippen molar-refractivity contribution >= 4 is 0 Å². The van der Waals surface area contributed by atoms with E-state index >= 15 is 0 Å². The van der Waals surface area contributed by atoms with Crippen LogP contribution in [-0.2, 0) is 13.1 Å². The Kier molecular flexibility index (Phi) is 9.22. The fraction of sp³-hybridized carbons (Fsp3) is 0.706. The topological polar surface area (TPSA) is 31.4 Å². The first-order chi connectivity index (χ1) is 10.2. The molecular formula is C17H32N4. The summed E-state index contributed by atoms with van der Waals surface area (Å²) in [6.07, 6.45) is 2.35. The zero-order valence-corrected chi connectivity index (χ0v) is 14.2. The minimum atomic E-state index is 0.868. The molecule has 120 valence electrons. The van der Waals surface area contributed by atoms with Gasteiger partial charge in [-0.1, -0.05) is 19.9 Å². The molecule has 4 heteroatoms. The summed E-state index contributed by atoms with van der Waals surface area (Å²) in [6, 6.07) is 6.37. The molecule has 0 bridgehead atoms. The van der Waals surface area contributed by atoms with Crippen LogP contribution in [0.15, 0.2) is 18.2 Å². The minimum absolute atomic E-state index is 0.868. The Bertz CT molecular complexity index is 379. The molecule has 1 aromatic heterocycles. The molecule has 1 rings (SSSR count). The molecule has 0 spiro atoms. The molecule has 0 saturated carbocycles. The predicted molar refractivity (Wildman–Crippen MR) is 90.4 cm³/mol. The molecule has 0 unspecified atom stereocenters. The summed E-state index contributed by atoms with van der Waals surface area (Å²) >= 11 is 0. The van der Waals surface area contributed by atoms with Gasteiger partial charge in [-0.2, -0.15) is 0 Å². The van der Waals surface area contributed by atoms with Crippen LogP contribution < -0.4 is 5.32 Å². The second kappa shape index (κ2) is 10.7. The average molecular weight is 292 g/mol. The van der Waals surface area contributed by atoms with Crippen LogP contribution in [0.5, 0.6) is 0 Å². The summed E-state index contributed by atoms with van der Waals surface area (Å²) in [7, 11) is 4.25. The summed E-state index contributed by atoms with van der Waals surface area (Å²) in [6.45, 7) is 10.6. The molecule has 0 radical (unpaired) electrons. The molecule has 4 nitrogen and oxygen atoms in total. The van der Waals surface area contributed by atoms with Crippen LogP contribution >= 0.6 is 0 Å². The van der Waals surface area contributed by atoms with Crippen molar-refractivity contribution < 1.29 is 0 Å². The molecule has 1 heterocycles. The summed E-state index contributed by atoms with van der Waals surface area (Å²) < 4.78 is 0. The van der Waals surface area contributed by atoms with E-state index in [9.17, 15) is 0 Å². The molecule has 0 aromatic carbocycles. The van der Waals surface area contributed by atoms with E-state index in [1.807, 2.05) is 0 Å². The maximum Gasteiger partial charge on any atom is 0.0547 e. The van der Waals surface area contributed by atoms with Gasteiger partial charge in [-0.3, -0.25) is 9.88 Å². The lowest BCUT2D eigenvalue weighted by Crippen LogP contribution is -2.32. The second-order valence-corrected chi connectivity index (χ2v) is 5.88. The molecule has 0 aliphatic rings. The van der Waals surface area contributed by atoms with Crippen molar-refractivity contribution in [3.8, 4) is 0 Å². The van der Waals surface area contributed by atoms with Gasteiger partial charge >= 0.3 is 0 Å². The number of aromatic nitrogens is 1. The maximum absolute atomic E-state index is 4.78. The van der Waals surface area contributed by atoms with Crippen LogP contribution in [-0.4, -0.2) is 55.1 Å². The van der Waals surface area contributed by atoms with Crippen LogP contribution in [0.3, 0.4) is 0 Å². The molecule has 0 saturated heterocycles. The lowest BCUT2D eigenvalue weighted by molar-refractivity contribution is 0.231. The van der Waals surface area contributed by atoms with Crippen molar-refractivity contribution in [2.45, 2.75) is 39.8 Å². The lowest BCUT2D eigenvalue weighted by Gasteiger charge is -2.23. The third-order valence-corrected chi connectivity index (χ3v) is 3.39. The van der Waals surface area contributed by atoms with Gasteiger partial charge in [0.25, 0.3) is 0 Å². The number of pyridine rings is 1. The molecule has 0 fully saturated rings. The highest BCUT2D eigenvalue weighted by molar-refractivity contribution is 5.11. The van der Waals surface area contributed by atoms with Gasteiger partial charge in [-0.25, -0.2) is 0 Å². The fourth-order valence-corrected chi connectivity index (χ4v) is 2.27. The predicted octanol–water partition coefficient (Wildman–Crippen LogP) is 2.35. The van der Waals surface area contributed by atoms with Gasteiger partial charge in [-0.05, 0) is 52.2 Å². The van der Waals surface area contributed by atoms with Crippen LogP contribution in [0, 0.1) is 0 Å². The Morgan fingerprint density at radius 1 is 1.00 bits per heavy atom. The zero-order valence-electron chi connectivity index (χ0n) is 14.2. The lowest BCUT2D eigenvalue weighted by atomic mass is 10.2. The van der Waals surface area contributed by atoms with Gasteiger partial charge in [0.1, 0.15) is 0 Å². The van der Waals surface area contributed by atoms with Gasteiger partial charge in [0.2, 0.25) is 0 Å². The van der Waals surface area contributed by atoms with Crippen molar-refractivity contribution in [2.75, 3.05) is 40.3 Å². The number of nitrogens with zero attached hydrogens (tertiary/aromatic N) is 3. The zero-order chi connectivity index (χ0) is 15.5. The van der Waals surface area contributed by atoms with Gasteiger partial charge in [0.05, 0.1) is 11.4 Å². The van der Waals surface area contributed by atoms with Crippen LogP contribution in [0.2, 0.25) is 0 Å². The quantitative estimate of drug-likeness (QED) is 0.635. The average Bonchev–Trinajstić information content (AvgIpc) is 2.46. The number of hydrogen-bond acceptors (Lipinski definition) is 4. The highest BCUT2D eigenvalue weighted by Gasteiger charge is 2.07. The van der Waals surface area contributed by atoms with Gasteiger partial charge in [-0.15, -0.1) is 0 Å². The Hall–Kier alpha value is -0.970. The standard InChI is InChI=1S/C17H32N4/c1-5-10-18-14-16-8-7-9-17(19-16)15-21(11-6-2)13-12-20(3)4/h7-9,18H,5-6,10-15H2,1-4H3. The van der Waals surface area contributed by atoms with Gasteiger partial charge in [0, 0.05) is 26.2 Å². The Morgan fingerprint density at radius 2 is 1.76 bits per heavy atom. The highest BCUT2D eigenvalue weighted by Crippen LogP contribution is 2.05. The van der Waals surface area contributed by atoms with Crippen LogP contribution in [0.25, 0.3) is 0 Å². The first-order valence-corrected chi connectivity index (χ1v) is 8.18. The molecule has 1 aromatic rings. The van der Waals surface area contributed by atoms with Gasteiger partial charge in [0.15, 0.2) is 0 Å². The SMILES string of the molecule is CCCNCc1cccc(CN(CCC)CCN(C)C)n1. The van der Waals surface area contributed by atoms with Crippen LogP contribution in [0.4, 0.5) is 0 Å². The van der Waals surface area contributed by atoms with Crippen molar-refractivity contribution in [1.82, 2.24) is 20.1 Å². The Balaban J connectivity index is 2.54. The Labute approximate surface area is 130 Å². The van der Waals surface area contributed by atoms with E-state index in [2.05, 4.69) is 61.3 Å². The maximum atomic E-state index is 4.78. The molecule has 0 amide bonds. The van der Waals surface area contributed by atoms with Crippen LogP contribution in [0.1, 0.15) is 38.1 Å². The largest absolute Gasteiger partial charge is 0.311 e. The first-order valence-electron chi connectivity index (χ1n) is 8.18. The molecule has 1 N–H and O–H groups in total. The van der Waals surface area contributed by atoms with Crippen molar-refractivity contribution in [2.24, 2.45) is 0 Å². The number of hydrogen-bond donors (Lipinski definition) is 1. The molecule has 21 heavy (non-hydrogen) atoms. The normalized spacial score (nSPS) is 11.5. The van der Waals surface area contributed by atoms with E-state index in [0.717, 1.165) is 51.4 Å². The van der Waals surface area contributed by atoms with E-state index < -0.39 is 0 Å². The summed E-state index contributed by atoms with van der Waals surface area (Å²) in [5.74, 6) is 0. The molecule has 0 atom stereocenters. The third-order valence-electron chi connectivity index (χ3n) is 3.39. The fourth-order valence-electron chi connectivity index (χ4n) is 2.27. The van der Waals surface area contributed by atoms with E-state index in [0.29, 0.717) is 0 Å². The highest BCUT2D eigenvalue weighted by atomic mass is 15.2. The summed E-state index contributed by atoms with van der Waals surface area (Å²) in [4.78, 5) is 9.50. The van der Waals surface area contributed by atoms with Crippen molar-refractivity contribution in [3.05, 3.63) is 29.6 Å². The Morgan fingerprint density at radius 3 is 2.43 bits per heavy atom. The summed E-state index contributed by atoms with van der Waals surface area (Å²) in [5.41, 5.74) is 2.32. The smallest absolute Gasteiger partial charge is 0.0547 e. The van der Waals surface area contributed by atoms with Crippen molar-refractivity contribution in [1.29, 1.82) is 0 Å².